The molecular weight excluding hydrogens is 523 g/mol. The van der Waals surface area contributed by atoms with Crippen molar-refractivity contribution < 1.29 is 29.3 Å². The molecule has 4 rings (SSSR count). The summed E-state index contributed by atoms with van der Waals surface area (Å²) in [6.45, 7) is 4.32. The molecule has 1 heterocycles. The summed E-state index contributed by atoms with van der Waals surface area (Å²) < 4.78 is 16.1. The summed E-state index contributed by atoms with van der Waals surface area (Å²) in [6.07, 6.45) is 1.48. The highest BCUT2D eigenvalue weighted by Gasteiger charge is 2.32. The second-order valence-corrected chi connectivity index (χ2v) is 10.7. The summed E-state index contributed by atoms with van der Waals surface area (Å²) in [6, 6.07) is 18.8. The van der Waals surface area contributed by atoms with Crippen molar-refractivity contribution in [2.45, 2.75) is 70.6 Å². The molecule has 1 aliphatic rings. The van der Waals surface area contributed by atoms with E-state index in [0.717, 1.165) is 28.1 Å². The molecule has 0 fully saturated rings. The van der Waals surface area contributed by atoms with Crippen molar-refractivity contribution in [2.24, 2.45) is 0 Å². The minimum Gasteiger partial charge on any atom is -0.481 e. The molecule has 7 nitrogen and oxygen atoms in total. The van der Waals surface area contributed by atoms with Gasteiger partial charge >= 0.3 is 5.97 Å². The number of hydrogen-bond donors (Lipinski definition) is 4. The second-order valence-electron chi connectivity index (χ2n) is 10.7. The Morgan fingerprint density at radius 3 is 2.20 bits per heavy atom. The van der Waals surface area contributed by atoms with Gasteiger partial charge in [-0.05, 0) is 54.5 Å². The monoisotopic (exact) mass is 560 g/mol. The third-order valence-corrected chi connectivity index (χ3v) is 7.21. The third-order valence-electron chi connectivity index (χ3n) is 7.21. The molecule has 0 unspecified atom stereocenters. The number of halogens is 1. The van der Waals surface area contributed by atoms with Gasteiger partial charge in [0.15, 0.2) is 0 Å². The molecule has 0 radical (unpaired) electrons. The zero-order valence-corrected chi connectivity index (χ0v) is 23.4. The van der Waals surface area contributed by atoms with Crippen LogP contribution in [-0.4, -0.2) is 44.0 Å². The number of benzene rings is 2. The van der Waals surface area contributed by atoms with E-state index >= 15 is 0 Å². The summed E-state index contributed by atoms with van der Waals surface area (Å²) in [5.41, 5.74) is 5.21. The van der Waals surface area contributed by atoms with Crippen LogP contribution < -0.4 is 5.32 Å². The van der Waals surface area contributed by atoms with E-state index in [2.05, 4.69) is 5.32 Å². The molecule has 2 atom stereocenters. The van der Waals surface area contributed by atoms with Crippen LogP contribution in [0.15, 0.2) is 78.6 Å². The Bertz CT molecular complexity index is 1430. The average molecular weight is 561 g/mol. The van der Waals surface area contributed by atoms with Crippen LogP contribution in [0.25, 0.3) is 16.7 Å². The maximum absolute atomic E-state index is 14.1. The van der Waals surface area contributed by atoms with E-state index in [4.69, 9.17) is 5.11 Å². The van der Waals surface area contributed by atoms with Crippen molar-refractivity contribution in [3.63, 3.8) is 0 Å². The Hall–Kier alpha value is -4.01. The number of aliphatic hydroxyl groups is 2. The van der Waals surface area contributed by atoms with Crippen LogP contribution in [0.4, 0.5) is 10.1 Å². The standard InChI is InChI=1S/C33H37FN2O5/c1-21(2)31-30(33(41)35-25-11-7-4-8-12-25)29(22-9-5-3-6-10-22)32(23-13-15-24(34)16-14-23)36(31)18-17-26(37)19-27(38)20-28(39)40/h3-13,15,21,26-27,37-38H,14,16-20H2,1-2H3,(H,35,41)(H,39,40)/t26-,27-/m1/s1. The predicted octanol–water partition coefficient (Wildman–Crippen LogP) is 6.54. The van der Waals surface area contributed by atoms with Crippen molar-refractivity contribution in [3.8, 4) is 11.1 Å². The molecule has 2 aromatic carbocycles. The molecule has 1 aliphatic carbocycles. The number of carbonyl (C=O) groups is 2. The van der Waals surface area contributed by atoms with Gasteiger partial charge in [0.05, 0.1) is 29.9 Å². The van der Waals surface area contributed by atoms with E-state index in [-0.39, 0.29) is 36.9 Å². The van der Waals surface area contributed by atoms with Crippen LogP contribution in [0.1, 0.15) is 73.6 Å². The number of hydrogen-bond acceptors (Lipinski definition) is 4. The van der Waals surface area contributed by atoms with E-state index < -0.39 is 24.6 Å². The van der Waals surface area contributed by atoms with Crippen molar-refractivity contribution in [1.29, 1.82) is 0 Å². The normalized spacial score (nSPS) is 14.8. The Kier molecular flexibility index (Phi) is 9.91. The number of rotatable bonds is 12. The van der Waals surface area contributed by atoms with Crippen LogP contribution in [-0.2, 0) is 11.3 Å². The largest absolute Gasteiger partial charge is 0.481 e. The second kappa shape index (κ2) is 13.6. The lowest BCUT2D eigenvalue weighted by atomic mass is 9.92. The number of amides is 1. The molecule has 0 bridgehead atoms. The number of nitrogens with one attached hydrogen (secondary N) is 1. The van der Waals surface area contributed by atoms with Crippen molar-refractivity contribution in [2.75, 3.05) is 5.32 Å². The van der Waals surface area contributed by atoms with Crippen molar-refractivity contribution in [1.82, 2.24) is 4.57 Å². The quantitative estimate of drug-likeness (QED) is 0.201. The van der Waals surface area contributed by atoms with Crippen LogP contribution >= 0.6 is 0 Å². The Morgan fingerprint density at radius 2 is 1.61 bits per heavy atom. The van der Waals surface area contributed by atoms with Crippen LogP contribution in [0.2, 0.25) is 0 Å². The predicted molar refractivity (Wildman–Crippen MR) is 158 cm³/mol. The summed E-state index contributed by atoms with van der Waals surface area (Å²) in [5.74, 6) is -1.70. The number of carboxylic acids is 1. The first-order chi connectivity index (χ1) is 19.7. The van der Waals surface area contributed by atoms with Gasteiger partial charge in [0.1, 0.15) is 5.83 Å². The van der Waals surface area contributed by atoms with Gasteiger partial charge in [-0.25, -0.2) is 4.39 Å². The topological polar surface area (TPSA) is 112 Å². The number of para-hydroxylation sites is 1. The van der Waals surface area contributed by atoms with Gasteiger partial charge in [-0.3, -0.25) is 9.59 Å². The van der Waals surface area contributed by atoms with Gasteiger partial charge in [0, 0.05) is 29.9 Å². The fraction of sp³-hybridized carbons (Fsp3) is 0.333. The maximum Gasteiger partial charge on any atom is 0.305 e. The zero-order chi connectivity index (χ0) is 29.5. The molecule has 3 aromatic rings. The number of carbonyl (C=O) groups excluding carboxylic acids is 1. The molecular formula is C33H37FN2O5. The lowest BCUT2D eigenvalue weighted by Crippen LogP contribution is -2.23. The number of allylic oxidation sites excluding steroid dienone is 4. The Morgan fingerprint density at radius 1 is 0.951 bits per heavy atom. The van der Waals surface area contributed by atoms with Gasteiger partial charge in [0.2, 0.25) is 0 Å². The van der Waals surface area contributed by atoms with Crippen LogP contribution in [0, 0.1) is 0 Å². The van der Waals surface area contributed by atoms with E-state index in [9.17, 15) is 24.2 Å². The Balaban J connectivity index is 1.87. The number of carboxylic acid groups (broad SMARTS) is 1. The number of nitrogens with zero attached hydrogens (tertiary/aromatic N) is 1. The molecule has 8 heteroatoms. The van der Waals surface area contributed by atoms with Crippen molar-refractivity contribution in [3.05, 3.63) is 95.6 Å². The minimum absolute atomic E-state index is 0.0799. The zero-order valence-electron chi connectivity index (χ0n) is 23.4. The smallest absolute Gasteiger partial charge is 0.305 e. The Labute approximate surface area is 239 Å². The maximum atomic E-state index is 14.1. The number of aromatic nitrogens is 1. The first kappa shape index (κ1) is 30.0. The fourth-order valence-electron chi connectivity index (χ4n) is 5.44. The molecule has 0 aliphatic heterocycles. The van der Waals surface area contributed by atoms with Crippen LogP contribution in [0.3, 0.4) is 0 Å². The van der Waals surface area contributed by atoms with Gasteiger partial charge in [-0.1, -0.05) is 68.5 Å². The van der Waals surface area contributed by atoms with E-state index in [1.807, 2.05) is 79.1 Å². The van der Waals surface area contributed by atoms with Crippen LogP contribution in [0.5, 0.6) is 0 Å². The van der Waals surface area contributed by atoms with Gasteiger partial charge in [-0.15, -0.1) is 0 Å². The highest BCUT2D eigenvalue weighted by molar-refractivity contribution is 6.11. The molecule has 0 saturated heterocycles. The SMILES string of the molecule is CC(C)c1c(C(=O)Nc2ccccc2)c(-c2ccccc2)c(C2=CC=C(F)CC2)n1CC[C@@H](O)C[C@@H](O)CC(=O)O. The van der Waals surface area contributed by atoms with E-state index in [1.165, 1.54) is 6.08 Å². The summed E-state index contributed by atoms with van der Waals surface area (Å²) in [5, 5.41) is 32.8. The number of aliphatic hydroxyl groups excluding tert-OH is 2. The molecule has 216 valence electrons. The summed E-state index contributed by atoms with van der Waals surface area (Å²) in [7, 11) is 0. The van der Waals surface area contributed by atoms with E-state index in [1.54, 1.807) is 6.08 Å². The van der Waals surface area contributed by atoms with Crippen molar-refractivity contribution >= 4 is 23.1 Å². The molecule has 1 aromatic heterocycles. The first-order valence-electron chi connectivity index (χ1n) is 14.0. The molecule has 41 heavy (non-hydrogen) atoms. The molecule has 1 amide bonds. The first-order valence-corrected chi connectivity index (χ1v) is 14.0. The molecule has 0 spiro atoms. The highest BCUT2D eigenvalue weighted by Crippen LogP contribution is 2.43. The van der Waals surface area contributed by atoms with Gasteiger partial charge in [0.25, 0.3) is 5.91 Å². The summed E-state index contributed by atoms with van der Waals surface area (Å²) in [4.78, 5) is 25.0. The van der Waals surface area contributed by atoms with Gasteiger partial charge < -0.3 is 25.2 Å². The lowest BCUT2D eigenvalue weighted by Gasteiger charge is -2.21. The lowest BCUT2D eigenvalue weighted by molar-refractivity contribution is -0.139. The summed E-state index contributed by atoms with van der Waals surface area (Å²) >= 11 is 0. The number of anilines is 1. The number of aliphatic carboxylic acids is 1. The molecule has 0 saturated carbocycles. The molecule has 4 N–H and O–H groups in total. The minimum atomic E-state index is -1.17. The highest BCUT2D eigenvalue weighted by atomic mass is 19.1. The van der Waals surface area contributed by atoms with Gasteiger partial charge in [-0.2, -0.15) is 0 Å². The average Bonchev–Trinajstić information content (AvgIpc) is 3.28. The third kappa shape index (κ3) is 7.39. The fourth-order valence-corrected chi connectivity index (χ4v) is 5.44. The van der Waals surface area contributed by atoms with E-state index in [0.29, 0.717) is 24.2 Å².